The van der Waals surface area contributed by atoms with Gasteiger partial charge >= 0.3 is 5.97 Å². The molecule has 0 fully saturated rings. The van der Waals surface area contributed by atoms with Crippen molar-refractivity contribution < 1.29 is 9.53 Å². The second-order valence-corrected chi connectivity index (χ2v) is 2.51. The van der Waals surface area contributed by atoms with E-state index < -0.39 is 0 Å². The van der Waals surface area contributed by atoms with Gasteiger partial charge in [0.05, 0.1) is 7.11 Å². The first-order chi connectivity index (χ1) is 4.75. The minimum atomic E-state index is -0.245. The summed E-state index contributed by atoms with van der Waals surface area (Å²) in [7, 11) is 1.39. The van der Waals surface area contributed by atoms with Crippen molar-refractivity contribution in [3.8, 4) is 0 Å². The zero-order chi connectivity index (χ0) is 7.56. The van der Waals surface area contributed by atoms with E-state index in [0.29, 0.717) is 5.92 Å². The molecule has 1 heterocycles. The molecule has 2 atom stereocenters. The molecule has 1 aliphatic rings. The van der Waals surface area contributed by atoms with Crippen LogP contribution in [-0.2, 0) is 9.53 Å². The highest BCUT2D eigenvalue weighted by Crippen LogP contribution is 2.17. The van der Waals surface area contributed by atoms with Crippen LogP contribution in [0.4, 0.5) is 0 Å². The van der Waals surface area contributed by atoms with Crippen LogP contribution in [0.3, 0.4) is 0 Å². The Hall–Kier alpha value is -0.860. The molecule has 0 spiro atoms. The van der Waals surface area contributed by atoms with E-state index in [2.05, 4.69) is 9.73 Å². The maximum atomic E-state index is 10.9. The number of rotatable bonds is 1. The van der Waals surface area contributed by atoms with Crippen LogP contribution in [0.25, 0.3) is 0 Å². The van der Waals surface area contributed by atoms with Crippen LogP contribution in [0.1, 0.15) is 13.3 Å². The topological polar surface area (TPSA) is 38.7 Å². The van der Waals surface area contributed by atoms with Crippen molar-refractivity contribution in [2.75, 3.05) is 7.11 Å². The molecule has 1 aliphatic heterocycles. The summed E-state index contributed by atoms with van der Waals surface area (Å²) in [5.41, 5.74) is 0. The summed E-state index contributed by atoms with van der Waals surface area (Å²) >= 11 is 0. The molecule has 0 amide bonds. The Morgan fingerprint density at radius 2 is 2.50 bits per heavy atom. The molecule has 3 heteroatoms. The van der Waals surface area contributed by atoms with E-state index in [0.717, 1.165) is 6.42 Å². The molecular formula is C7H11NO2. The number of aliphatic imine (C=N–C) groups is 1. The molecule has 0 saturated carbocycles. The van der Waals surface area contributed by atoms with Gasteiger partial charge in [-0.2, -0.15) is 0 Å². The molecule has 56 valence electrons. The van der Waals surface area contributed by atoms with Crippen LogP contribution in [-0.4, -0.2) is 25.3 Å². The number of nitrogens with zero attached hydrogens (tertiary/aromatic N) is 1. The van der Waals surface area contributed by atoms with Crippen molar-refractivity contribution in [1.82, 2.24) is 0 Å². The summed E-state index contributed by atoms with van der Waals surface area (Å²) in [6, 6.07) is -0.245. The van der Waals surface area contributed by atoms with Crippen molar-refractivity contribution >= 4 is 12.2 Å². The number of hydrogen-bond acceptors (Lipinski definition) is 3. The number of esters is 1. The van der Waals surface area contributed by atoms with Gasteiger partial charge in [-0.05, 0) is 12.3 Å². The number of carbonyl (C=O) groups excluding carboxylic acids is 1. The minimum absolute atomic E-state index is 0.221. The van der Waals surface area contributed by atoms with Gasteiger partial charge in [0, 0.05) is 6.21 Å². The van der Waals surface area contributed by atoms with E-state index in [1.54, 1.807) is 6.21 Å². The SMILES string of the molecule is COC(=O)[C@@H]1N=CC[C@H]1C. The molecule has 0 saturated heterocycles. The first-order valence-corrected chi connectivity index (χ1v) is 3.35. The normalized spacial score (nSPS) is 30.6. The monoisotopic (exact) mass is 141 g/mol. The molecule has 0 aromatic carbocycles. The first kappa shape index (κ1) is 7.25. The number of hydrogen-bond donors (Lipinski definition) is 0. The Balaban J connectivity index is 2.55. The summed E-state index contributed by atoms with van der Waals surface area (Å²) in [4.78, 5) is 14.9. The van der Waals surface area contributed by atoms with Crippen molar-refractivity contribution in [2.24, 2.45) is 10.9 Å². The fraction of sp³-hybridized carbons (Fsp3) is 0.714. The van der Waals surface area contributed by atoms with Gasteiger partial charge in [0.15, 0.2) is 0 Å². The molecule has 0 aromatic rings. The van der Waals surface area contributed by atoms with Crippen molar-refractivity contribution in [3.05, 3.63) is 0 Å². The molecular weight excluding hydrogens is 130 g/mol. The van der Waals surface area contributed by atoms with Crippen molar-refractivity contribution in [1.29, 1.82) is 0 Å². The molecule has 0 N–H and O–H groups in total. The van der Waals surface area contributed by atoms with Gasteiger partial charge in [-0.15, -0.1) is 0 Å². The Morgan fingerprint density at radius 1 is 1.80 bits per heavy atom. The fourth-order valence-corrected chi connectivity index (χ4v) is 1.03. The third kappa shape index (κ3) is 1.17. The lowest BCUT2D eigenvalue weighted by molar-refractivity contribution is -0.142. The maximum Gasteiger partial charge on any atom is 0.330 e. The summed E-state index contributed by atoms with van der Waals surface area (Å²) in [6.45, 7) is 1.99. The standard InChI is InChI=1S/C7H11NO2/c1-5-3-4-8-6(5)7(9)10-2/h4-6H,3H2,1-2H3/t5-,6-/m1/s1. The van der Waals surface area contributed by atoms with E-state index in [-0.39, 0.29) is 12.0 Å². The second kappa shape index (κ2) is 2.82. The van der Waals surface area contributed by atoms with Gasteiger partial charge in [0.2, 0.25) is 0 Å². The molecule has 0 aromatic heterocycles. The molecule has 0 radical (unpaired) electrons. The predicted octanol–water partition coefficient (Wildman–Crippen LogP) is 0.639. The molecule has 3 nitrogen and oxygen atoms in total. The van der Waals surface area contributed by atoms with Gasteiger partial charge in [-0.25, -0.2) is 4.79 Å². The van der Waals surface area contributed by atoms with Gasteiger partial charge in [0.1, 0.15) is 6.04 Å². The molecule has 0 bridgehead atoms. The van der Waals surface area contributed by atoms with Gasteiger partial charge in [0.25, 0.3) is 0 Å². The van der Waals surface area contributed by atoms with Crippen LogP contribution in [0.2, 0.25) is 0 Å². The molecule has 0 unspecified atom stereocenters. The highest BCUT2D eigenvalue weighted by atomic mass is 16.5. The zero-order valence-electron chi connectivity index (χ0n) is 6.20. The number of ether oxygens (including phenoxy) is 1. The maximum absolute atomic E-state index is 10.9. The van der Waals surface area contributed by atoms with Crippen LogP contribution in [0.5, 0.6) is 0 Å². The van der Waals surface area contributed by atoms with Crippen molar-refractivity contribution in [2.45, 2.75) is 19.4 Å². The first-order valence-electron chi connectivity index (χ1n) is 3.35. The second-order valence-electron chi connectivity index (χ2n) is 2.51. The van der Waals surface area contributed by atoms with Crippen LogP contribution >= 0.6 is 0 Å². The van der Waals surface area contributed by atoms with Crippen molar-refractivity contribution in [3.63, 3.8) is 0 Å². The lowest BCUT2D eigenvalue weighted by atomic mass is 10.0. The Morgan fingerprint density at radius 3 is 2.90 bits per heavy atom. The van der Waals surface area contributed by atoms with E-state index >= 15 is 0 Å². The average molecular weight is 141 g/mol. The zero-order valence-corrected chi connectivity index (χ0v) is 6.20. The minimum Gasteiger partial charge on any atom is -0.467 e. The average Bonchev–Trinajstić information content (AvgIpc) is 2.34. The van der Waals surface area contributed by atoms with E-state index in [4.69, 9.17) is 0 Å². The van der Waals surface area contributed by atoms with Gasteiger partial charge in [-0.3, -0.25) is 4.99 Å². The summed E-state index contributed by atoms with van der Waals surface area (Å²) in [5.74, 6) is 0.0914. The van der Waals surface area contributed by atoms with Crippen LogP contribution in [0, 0.1) is 5.92 Å². The predicted molar refractivity (Wildman–Crippen MR) is 38.1 cm³/mol. The van der Waals surface area contributed by atoms with Crippen LogP contribution in [0.15, 0.2) is 4.99 Å². The fourth-order valence-electron chi connectivity index (χ4n) is 1.03. The quantitative estimate of drug-likeness (QED) is 0.502. The van der Waals surface area contributed by atoms with E-state index in [9.17, 15) is 4.79 Å². The van der Waals surface area contributed by atoms with Gasteiger partial charge in [-0.1, -0.05) is 6.92 Å². The Bertz CT molecular complexity index is 165. The summed E-state index contributed by atoms with van der Waals surface area (Å²) in [6.07, 6.45) is 2.67. The highest BCUT2D eigenvalue weighted by molar-refractivity contribution is 5.80. The number of methoxy groups -OCH3 is 1. The molecule has 1 rings (SSSR count). The van der Waals surface area contributed by atoms with E-state index in [1.165, 1.54) is 7.11 Å². The lowest BCUT2D eigenvalue weighted by Gasteiger charge is -2.09. The lowest BCUT2D eigenvalue weighted by Crippen LogP contribution is -2.23. The smallest absolute Gasteiger partial charge is 0.330 e. The molecule has 10 heavy (non-hydrogen) atoms. The Kier molecular flexibility index (Phi) is 2.04. The highest BCUT2D eigenvalue weighted by Gasteiger charge is 2.27. The molecule has 0 aliphatic carbocycles. The number of carbonyl (C=O) groups is 1. The van der Waals surface area contributed by atoms with E-state index in [1.807, 2.05) is 6.92 Å². The third-order valence-corrected chi connectivity index (χ3v) is 1.72. The third-order valence-electron chi connectivity index (χ3n) is 1.72. The van der Waals surface area contributed by atoms with Gasteiger partial charge < -0.3 is 4.74 Å². The Labute approximate surface area is 60.1 Å². The van der Waals surface area contributed by atoms with Crippen LogP contribution < -0.4 is 0 Å². The summed E-state index contributed by atoms with van der Waals surface area (Å²) in [5, 5.41) is 0. The largest absolute Gasteiger partial charge is 0.467 e. The summed E-state index contributed by atoms with van der Waals surface area (Å²) < 4.78 is 4.55.